The Kier molecular flexibility index (Phi) is 4.43. The maximum Gasteiger partial charge on any atom is 0.417 e. The van der Waals surface area contributed by atoms with Gasteiger partial charge in [-0.1, -0.05) is 35.9 Å². The molecule has 3 rings (SSSR count). The molecule has 1 heterocycles. The van der Waals surface area contributed by atoms with Crippen LogP contribution >= 0.6 is 11.6 Å². The molecule has 1 amide bonds. The van der Waals surface area contributed by atoms with Gasteiger partial charge in [-0.2, -0.15) is 18.3 Å². The number of likely N-dealkylation sites (N-methyl/N-ethyl adjacent to an activating group) is 1. The number of hydrazone groups is 1. The number of hydrogen-bond acceptors (Lipinski definition) is 3. The minimum atomic E-state index is -4.54. The van der Waals surface area contributed by atoms with E-state index in [9.17, 15) is 18.0 Å². The Balaban J connectivity index is 2.10. The lowest BCUT2D eigenvalue weighted by Crippen LogP contribution is -2.43. The van der Waals surface area contributed by atoms with Crippen LogP contribution in [0.4, 0.5) is 13.2 Å². The molecule has 0 radical (unpaired) electrons. The molecule has 0 unspecified atom stereocenters. The molecule has 4 nitrogen and oxygen atoms in total. The lowest BCUT2D eigenvalue weighted by atomic mass is 9.96. The highest BCUT2D eigenvalue weighted by molar-refractivity contribution is 6.30. The van der Waals surface area contributed by atoms with Crippen LogP contribution < -0.4 is 5.43 Å². The fourth-order valence-corrected chi connectivity index (χ4v) is 2.74. The molecule has 130 valence electrons. The Hall–Kier alpha value is -2.54. The Morgan fingerprint density at radius 2 is 1.76 bits per heavy atom. The van der Waals surface area contributed by atoms with E-state index in [4.69, 9.17) is 11.6 Å². The fourth-order valence-electron chi connectivity index (χ4n) is 2.61. The third kappa shape index (κ3) is 3.61. The van der Waals surface area contributed by atoms with E-state index >= 15 is 0 Å². The number of carbonyl (C=O) groups excluding carboxylic acids is 1. The van der Waals surface area contributed by atoms with Crippen LogP contribution in [0, 0.1) is 0 Å². The predicted octanol–water partition coefficient (Wildman–Crippen LogP) is 3.75. The molecule has 2 aromatic carbocycles. The molecule has 1 aliphatic rings. The van der Waals surface area contributed by atoms with Crippen LogP contribution in [0.15, 0.2) is 47.6 Å². The van der Waals surface area contributed by atoms with E-state index in [1.165, 1.54) is 23.1 Å². The molecule has 2 aromatic rings. The largest absolute Gasteiger partial charge is 0.417 e. The van der Waals surface area contributed by atoms with E-state index in [0.717, 1.165) is 6.07 Å². The van der Waals surface area contributed by atoms with Gasteiger partial charge in [-0.05, 0) is 29.3 Å². The number of benzene rings is 2. The average Bonchev–Trinajstić information content (AvgIpc) is 2.54. The van der Waals surface area contributed by atoms with Gasteiger partial charge in [0.25, 0.3) is 5.91 Å². The Bertz CT molecular complexity index is 847. The van der Waals surface area contributed by atoms with Crippen molar-refractivity contribution >= 4 is 23.3 Å². The summed E-state index contributed by atoms with van der Waals surface area (Å²) in [6, 6.07) is 10.1. The zero-order valence-electron chi connectivity index (χ0n) is 13.1. The highest BCUT2D eigenvalue weighted by Gasteiger charge is 2.34. The van der Waals surface area contributed by atoms with Gasteiger partial charge < -0.3 is 4.90 Å². The summed E-state index contributed by atoms with van der Waals surface area (Å²) in [7, 11) is 1.60. The fraction of sp³-hybridized carbons (Fsp3) is 0.176. The van der Waals surface area contributed by atoms with E-state index in [-0.39, 0.29) is 29.4 Å². The highest BCUT2D eigenvalue weighted by Crippen LogP contribution is 2.38. The Morgan fingerprint density at radius 3 is 2.36 bits per heavy atom. The van der Waals surface area contributed by atoms with Crippen LogP contribution in [0.1, 0.15) is 11.1 Å². The summed E-state index contributed by atoms with van der Waals surface area (Å²) < 4.78 is 40.7. The molecule has 0 saturated heterocycles. The summed E-state index contributed by atoms with van der Waals surface area (Å²) in [5.41, 5.74) is 2.24. The zero-order valence-corrected chi connectivity index (χ0v) is 13.8. The number of amides is 1. The summed E-state index contributed by atoms with van der Waals surface area (Å²) in [6.45, 7) is 0.0269. The van der Waals surface area contributed by atoms with Crippen molar-refractivity contribution in [3.8, 4) is 11.1 Å². The zero-order chi connectivity index (χ0) is 18.2. The Labute approximate surface area is 146 Å². The van der Waals surface area contributed by atoms with Crippen LogP contribution in [0.25, 0.3) is 11.1 Å². The molecular formula is C17H13ClF3N3O. The van der Waals surface area contributed by atoms with Gasteiger partial charge in [-0.25, -0.2) is 5.43 Å². The number of rotatable bonds is 2. The van der Waals surface area contributed by atoms with Crippen molar-refractivity contribution in [2.45, 2.75) is 6.18 Å². The van der Waals surface area contributed by atoms with Gasteiger partial charge in [0.2, 0.25) is 0 Å². The van der Waals surface area contributed by atoms with Crippen LogP contribution in [0.3, 0.4) is 0 Å². The van der Waals surface area contributed by atoms with Crippen molar-refractivity contribution in [2.24, 2.45) is 5.10 Å². The number of nitrogens with one attached hydrogen (secondary N) is 1. The molecular weight excluding hydrogens is 355 g/mol. The van der Waals surface area contributed by atoms with Crippen LogP contribution in [0.5, 0.6) is 0 Å². The van der Waals surface area contributed by atoms with Gasteiger partial charge in [0.05, 0.1) is 12.1 Å². The standard InChI is InChI=1S/C17H13ClF3N3O/c1-24-9-15(25)22-23-16(24)11-4-7-13(14(8-11)17(19,20)21)10-2-5-12(18)6-3-10/h2-8H,9H2,1H3,(H,22,25). The van der Waals surface area contributed by atoms with E-state index < -0.39 is 11.7 Å². The number of hydrogen-bond donors (Lipinski definition) is 1. The first kappa shape index (κ1) is 17.3. The SMILES string of the molecule is CN1CC(=O)NN=C1c1ccc(-c2ccc(Cl)cc2)c(C(F)(F)F)c1. The highest BCUT2D eigenvalue weighted by atomic mass is 35.5. The third-order valence-corrected chi connectivity index (χ3v) is 4.02. The lowest BCUT2D eigenvalue weighted by Gasteiger charge is -2.25. The molecule has 0 bridgehead atoms. The molecule has 0 fully saturated rings. The van der Waals surface area contributed by atoms with Crippen LogP contribution in [-0.4, -0.2) is 30.2 Å². The number of halogens is 4. The number of nitrogens with zero attached hydrogens (tertiary/aromatic N) is 2. The first-order valence-electron chi connectivity index (χ1n) is 7.31. The second kappa shape index (κ2) is 6.40. The number of amidine groups is 1. The lowest BCUT2D eigenvalue weighted by molar-refractivity contribution is -0.137. The van der Waals surface area contributed by atoms with E-state index in [1.54, 1.807) is 25.2 Å². The first-order valence-corrected chi connectivity index (χ1v) is 7.69. The van der Waals surface area contributed by atoms with Gasteiger partial charge in [0.15, 0.2) is 5.84 Å². The quantitative estimate of drug-likeness (QED) is 0.878. The molecule has 0 atom stereocenters. The maximum absolute atomic E-state index is 13.6. The van der Waals surface area contributed by atoms with Gasteiger partial charge in [0, 0.05) is 17.6 Å². The van der Waals surface area contributed by atoms with Gasteiger partial charge >= 0.3 is 6.18 Å². The summed E-state index contributed by atoms with van der Waals surface area (Å²) in [6.07, 6.45) is -4.54. The van der Waals surface area contributed by atoms with Gasteiger partial charge in [-0.3, -0.25) is 4.79 Å². The third-order valence-electron chi connectivity index (χ3n) is 3.77. The minimum Gasteiger partial charge on any atom is -0.348 e. The molecule has 25 heavy (non-hydrogen) atoms. The van der Waals surface area contributed by atoms with E-state index in [0.29, 0.717) is 10.6 Å². The number of carbonyl (C=O) groups is 1. The molecule has 0 saturated carbocycles. The Morgan fingerprint density at radius 1 is 1.12 bits per heavy atom. The molecule has 8 heteroatoms. The second-order valence-corrected chi connectivity index (χ2v) is 6.03. The normalized spacial score (nSPS) is 15.0. The summed E-state index contributed by atoms with van der Waals surface area (Å²) >= 11 is 5.81. The average molecular weight is 368 g/mol. The first-order chi connectivity index (χ1) is 11.8. The maximum atomic E-state index is 13.6. The molecule has 0 aliphatic carbocycles. The van der Waals surface area contributed by atoms with Crippen LogP contribution in [0.2, 0.25) is 5.02 Å². The topological polar surface area (TPSA) is 44.7 Å². The smallest absolute Gasteiger partial charge is 0.348 e. The summed E-state index contributed by atoms with van der Waals surface area (Å²) in [4.78, 5) is 12.8. The van der Waals surface area contributed by atoms with Crippen molar-refractivity contribution in [3.63, 3.8) is 0 Å². The van der Waals surface area contributed by atoms with E-state index in [1.807, 2.05) is 0 Å². The van der Waals surface area contributed by atoms with Crippen molar-refractivity contribution in [1.82, 2.24) is 10.3 Å². The molecule has 0 aromatic heterocycles. The molecule has 1 N–H and O–H groups in total. The number of alkyl halides is 3. The predicted molar refractivity (Wildman–Crippen MR) is 89.2 cm³/mol. The van der Waals surface area contributed by atoms with E-state index in [2.05, 4.69) is 10.5 Å². The van der Waals surface area contributed by atoms with Crippen molar-refractivity contribution in [3.05, 3.63) is 58.6 Å². The molecule has 1 aliphatic heterocycles. The van der Waals surface area contributed by atoms with Gasteiger partial charge in [-0.15, -0.1) is 0 Å². The van der Waals surface area contributed by atoms with Crippen molar-refractivity contribution in [2.75, 3.05) is 13.6 Å². The summed E-state index contributed by atoms with van der Waals surface area (Å²) in [5.74, 6) is -0.0483. The minimum absolute atomic E-state index is 0.0269. The second-order valence-electron chi connectivity index (χ2n) is 5.59. The van der Waals surface area contributed by atoms with Crippen molar-refractivity contribution in [1.29, 1.82) is 0 Å². The summed E-state index contributed by atoms with van der Waals surface area (Å²) in [5, 5.41) is 4.30. The monoisotopic (exact) mass is 367 g/mol. The van der Waals surface area contributed by atoms with Crippen molar-refractivity contribution < 1.29 is 18.0 Å². The van der Waals surface area contributed by atoms with Crippen LogP contribution in [-0.2, 0) is 11.0 Å². The molecule has 0 spiro atoms. The van der Waals surface area contributed by atoms with Gasteiger partial charge in [0.1, 0.15) is 0 Å².